The van der Waals surface area contributed by atoms with Crippen molar-refractivity contribution in [1.29, 1.82) is 0 Å². The molecule has 25 heavy (non-hydrogen) atoms. The Morgan fingerprint density at radius 3 is 2.44 bits per heavy atom. The van der Waals surface area contributed by atoms with Crippen LogP contribution in [0.15, 0.2) is 53.9 Å². The standard InChI is InChI=1S/C21H21NO2S/c1-14-4-7-18(8-5-14)22-21(23)20-11-17(13-25-20)12-24-19-9-6-15(2)10-16(19)3/h4-11,13H,12H2,1-3H3,(H,22,23). The van der Waals surface area contributed by atoms with Crippen molar-refractivity contribution in [3.8, 4) is 5.75 Å². The molecule has 1 aromatic heterocycles. The Hall–Kier alpha value is -2.59. The van der Waals surface area contributed by atoms with Crippen molar-refractivity contribution in [1.82, 2.24) is 0 Å². The molecule has 0 bridgehead atoms. The predicted octanol–water partition coefficient (Wildman–Crippen LogP) is 5.50. The summed E-state index contributed by atoms with van der Waals surface area (Å²) in [6.07, 6.45) is 0. The van der Waals surface area contributed by atoms with Gasteiger partial charge in [-0.05, 0) is 56.0 Å². The van der Waals surface area contributed by atoms with Gasteiger partial charge in [-0.2, -0.15) is 0 Å². The molecule has 4 heteroatoms. The van der Waals surface area contributed by atoms with E-state index >= 15 is 0 Å². The molecular weight excluding hydrogens is 330 g/mol. The number of aryl methyl sites for hydroxylation is 3. The first kappa shape index (κ1) is 17.2. The molecule has 0 aliphatic heterocycles. The monoisotopic (exact) mass is 351 g/mol. The summed E-state index contributed by atoms with van der Waals surface area (Å²) in [6, 6.07) is 15.8. The number of ether oxygens (including phenoxy) is 1. The highest BCUT2D eigenvalue weighted by Crippen LogP contribution is 2.22. The van der Waals surface area contributed by atoms with Gasteiger partial charge in [0.2, 0.25) is 0 Å². The highest BCUT2D eigenvalue weighted by atomic mass is 32.1. The van der Waals surface area contributed by atoms with Crippen LogP contribution in [-0.2, 0) is 6.61 Å². The molecule has 0 saturated heterocycles. The van der Waals surface area contributed by atoms with Crippen LogP contribution in [0.25, 0.3) is 0 Å². The van der Waals surface area contributed by atoms with Gasteiger partial charge in [-0.3, -0.25) is 4.79 Å². The molecule has 0 spiro atoms. The highest BCUT2D eigenvalue weighted by molar-refractivity contribution is 7.12. The van der Waals surface area contributed by atoms with Crippen molar-refractivity contribution >= 4 is 22.9 Å². The molecular formula is C21H21NO2S. The van der Waals surface area contributed by atoms with Crippen LogP contribution >= 0.6 is 11.3 Å². The zero-order valence-corrected chi connectivity index (χ0v) is 15.4. The van der Waals surface area contributed by atoms with E-state index in [9.17, 15) is 4.79 Å². The zero-order chi connectivity index (χ0) is 17.8. The SMILES string of the molecule is Cc1ccc(NC(=O)c2cc(COc3ccc(C)cc3C)cs2)cc1. The summed E-state index contributed by atoms with van der Waals surface area (Å²) in [5.74, 6) is 0.786. The third-order valence-electron chi connectivity index (χ3n) is 3.91. The molecule has 3 aromatic rings. The van der Waals surface area contributed by atoms with Gasteiger partial charge in [0.15, 0.2) is 0 Å². The van der Waals surface area contributed by atoms with Gasteiger partial charge < -0.3 is 10.1 Å². The van der Waals surface area contributed by atoms with E-state index in [1.54, 1.807) is 0 Å². The molecule has 1 N–H and O–H groups in total. The summed E-state index contributed by atoms with van der Waals surface area (Å²) in [6.45, 7) is 6.58. The molecule has 0 aliphatic carbocycles. The number of carbonyl (C=O) groups is 1. The van der Waals surface area contributed by atoms with Gasteiger partial charge in [0.1, 0.15) is 12.4 Å². The van der Waals surface area contributed by atoms with Crippen molar-refractivity contribution < 1.29 is 9.53 Å². The first-order valence-corrected chi connectivity index (χ1v) is 9.05. The maximum atomic E-state index is 12.3. The number of rotatable bonds is 5. The third kappa shape index (κ3) is 4.48. The summed E-state index contributed by atoms with van der Waals surface area (Å²) in [5, 5.41) is 4.88. The van der Waals surface area contributed by atoms with Crippen molar-refractivity contribution in [2.45, 2.75) is 27.4 Å². The second-order valence-corrected chi connectivity index (χ2v) is 7.11. The topological polar surface area (TPSA) is 38.3 Å². The molecule has 1 heterocycles. The molecule has 2 aromatic carbocycles. The van der Waals surface area contributed by atoms with Gasteiger partial charge in [-0.25, -0.2) is 0 Å². The van der Waals surface area contributed by atoms with E-state index in [1.165, 1.54) is 22.5 Å². The van der Waals surface area contributed by atoms with Gasteiger partial charge in [0, 0.05) is 11.3 Å². The summed E-state index contributed by atoms with van der Waals surface area (Å²) < 4.78 is 5.88. The maximum Gasteiger partial charge on any atom is 0.265 e. The molecule has 3 rings (SSSR count). The van der Waals surface area contributed by atoms with Gasteiger partial charge in [0.05, 0.1) is 4.88 Å². The zero-order valence-electron chi connectivity index (χ0n) is 14.6. The number of hydrogen-bond acceptors (Lipinski definition) is 3. The Kier molecular flexibility index (Phi) is 5.19. The summed E-state index contributed by atoms with van der Waals surface area (Å²) in [5.41, 5.74) is 5.30. The second-order valence-electron chi connectivity index (χ2n) is 6.20. The van der Waals surface area contributed by atoms with Crippen LogP contribution in [0.4, 0.5) is 5.69 Å². The van der Waals surface area contributed by atoms with Gasteiger partial charge in [-0.15, -0.1) is 11.3 Å². The molecule has 0 radical (unpaired) electrons. The maximum absolute atomic E-state index is 12.3. The van der Waals surface area contributed by atoms with Crippen LogP contribution in [0, 0.1) is 20.8 Å². The largest absolute Gasteiger partial charge is 0.489 e. The van der Waals surface area contributed by atoms with E-state index in [4.69, 9.17) is 4.74 Å². The van der Waals surface area contributed by atoms with Gasteiger partial charge >= 0.3 is 0 Å². The van der Waals surface area contributed by atoms with Gasteiger partial charge in [0.25, 0.3) is 5.91 Å². The van der Waals surface area contributed by atoms with Crippen molar-refractivity contribution in [3.63, 3.8) is 0 Å². The van der Waals surface area contributed by atoms with Crippen LogP contribution < -0.4 is 10.1 Å². The fourth-order valence-corrected chi connectivity index (χ4v) is 3.31. The van der Waals surface area contributed by atoms with Crippen molar-refractivity contribution in [2.24, 2.45) is 0 Å². The Labute approximate surface area is 152 Å². The molecule has 0 atom stereocenters. The van der Waals surface area contributed by atoms with Crippen LogP contribution in [0.5, 0.6) is 5.75 Å². The first-order chi connectivity index (χ1) is 12.0. The number of hydrogen-bond donors (Lipinski definition) is 1. The minimum absolute atomic E-state index is 0.0911. The number of carbonyl (C=O) groups excluding carboxylic acids is 1. The quantitative estimate of drug-likeness (QED) is 0.659. The average molecular weight is 351 g/mol. The molecule has 0 saturated carbocycles. The highest BCUT2D eigenvalue weighted by Gasteiger charge is 2.10. The molecule has 0 fully saturated rings. The van der Waals surface area contributed by atoms with E-state index < -0.39 is 0 Å². The Bertz CT molecular complexity index is 881. The lowest BCUT2D eigenvalue weighted by atomic mass is 10.1. The second kappa shape index (κ2) is 7.53. The lowest BCUT2D eigenvalue weighted by Crippen LogP contribution is -2.10. The molecule has 0 unspecified atom stereocenters. The molecule has 3 nitrogen and oxygen atoms in total. The Morgan fingerprint density at radius 2 is 1.72 bits per heavy atom. The normalized spacial score (nSPS) is 10.5. The van der Waals surface area contributed by atoms with E-state index in [-0.39, 0.29) is 5.91 Å². The number of benzene rings is 2. The fraction of sp³-hybridized carbons (Fsp3) is 0.190. The van der Waals surface area contributed by atoms with E-state index in [1.807, 2.05) is 61.7 Å². The molecule has 128 valence electrons. The summed E-state index contributed by atoms with van der Waals surface area (Å²) in [4.78, 5) is 13.0. The van der Waals surface area contributed by atoms with Crippen LogP contribution in [0.1, 0.15) is 31.9 Å². The van der Waals surface area contributed by atoms with Crippen molar-refractivity contribution in [3.05, 3.63) is 81.0 Å². The van der Waals surface area contributed by atoms with E-state index in [0.717, 1.165) is 22.6 Å². The Morgan fingerprint density at radius 1 is 1.00 bits per heavy atom. The lowest BCUT2D eigenvalue weighted by Gasteiger charge is -2.08. The lowest BCUT2D eigenvalue weighted by molar-refractivity contribution is 0.103. The molecule has 1 amide bonds. The van der Waals surface area contributed by atoms with Crippen molar-refractivity contribution in [2.75, 3.05) is 5.32 Å². The van der Waals surface area contributed by atoms with Crippen LogP contribution in [0.3, 0.4) is 0 Å². The predicted molar refractivity (Wildman–Crippen MR) is 104 cm³/mol. The van der Waals surface area contributed by atoms with E-state index in [2.05, 4.69) is 18.3 Å². The van der Waals surface area contributed by atoms with E-state index in [0.29, 0.717) is 11.5 Å². The third-order valence-corrected chi connectivity index (χ3v) is 4.89. The fourth-order valence-electron chi connectivity index (χ4n) is 2.52. The number of amides is 1. The number of thiophene rings is 1. The number of nitrogens with one attached hydrogen (secondary N) is 1. The number of anilines is 1. The Balaban J connectivity index is 1.61. The van der Waals surface area contributed by atoms with Crippen LogP contribution in [0.2, 0.25) is 0 Å². The molecule has 0 aliphatic rings. The summed E-state index contributed by atoms with van der Waals surface area (Å²) in [7, 11) is 0. The van der Waals surface area contributed by atoms with Crippen LogP contribution in [-0.4, -0.2) is 5.91 Å². The first-order valence-electron chi connectivity index (χ1n) is 8.17. The minimum atomic E-state index is -0.0911. The summed E-state index contributed by atoms with van der Waals surface area (Å²) >= 11 is 1.43. The average Bonchev–Trinajstić information content (AvgIpc) is 3.05. The van der Waals surface area contributed by atoms with Gasteiger partial charge in [-0.1, -0.05) is 35.4 Å². The minimum Gasteiger partial charge on any atom is -0.489 e. The smallest absolute Gasteiger partial charge is 0.265 e.